The monoisotopic (exact) mass is 311 g/mol. The minimum atomic E-state index is -3.67. The highest BCUT2D eigenvalue weighted by Gasteiger charge is 2.15. The number of aryl methyl sites for hydroxylation is 1. The number of halogens is 1. The van der Waals surface area contributed by atoms with Gasteiger partial charge in [0, 0.05) is 23.5 Å². The Kier molecular flexibility index (Phi) is 4.27. The highest BCUT2D eigenvalue weighted by atomic mass is 35.5. The van der Waals surface area contributed by atoms with Gasteiger partial charge in [-0.1, -0.05) is 11.6 Å². The van der Waals surface area contributed by atoms with Gasteiger partial charge in [-0.2, -0.15) is 0 Å². The van der Waals surface area contributed by atoms with Crippen molar-refractivity contribution in [1.82, 2.24) is 4.98 Å². The van der Waals surface area contributed by atoms with Gasteiger partial charge in [0.15, 0.2) is 0 Å². The Balaban J connectivity index is 2.35. The smallest absolute Gasteiger partial charge is 0.261 e. The largest absolute Gasteiger partial charge is 0.326 e. The number of nitrogens with two attached hydrogens (primary N) is 1. The fraction of sp³-hybridized carbons (Fsp3) is 0.154. The molecule has 2 aromatic rings. The lowest BCUT2D eigenvalue weighted by molar-refractivity contribution is 0.601. The number of anilines is 1. The Morgan fingerprint density at radius 3 is 2.70 bits per heavy atom. The zero-order chi connectivity index (χ0) is 14.8. The normalized spacial score (nSPS) is 11.3. The molecular weight excluding hydrogens is 298 g/mol. The predicted molar refractivity (Wildman–Crippen MR) is 79.1 cm³/mol. The molecule has 0 aliphatic rings. The first-order chi connectivity index (χ1) is 9.42. The van der Waals surface area contributed by atoms with Crippen LogP contribution in [0.3, 0.4) is 0 Å². The molecule has 0 aliphatic heterocycles. The summed E-state index contributed by atoms with van der Waals surface area (Å²) in [6.45, 7) is 1.96. The maximum absolute atomic E-state index is 12.3. The topological polar surface area (TPSA) is 85.1 Å². The van der Waals surface area contributed by atoms with Gasteiger partial charge < -0.3 is 5.73 Å². The highest BCUT2D eigenvalue weighted by molar-refractivity contribution is 7.92. The third-order valence-electron chi connectivity index (χ3n) is 2.70. The average Bonchev–Trinajstić information content (AvgIpc) is 2.38. The Morgan fingerprint density at radius 1 is 1.30 bits per heavy atom. The lowest BCUT2D eigenvalue weighted by Crippen LogP contribution is -2.14. The van der Waals surface area contributed by atoms with Gasteiger partial charge in [0.1, 0.15) is 0 Å². The van der Waals surface area contributed by atoms with Gasteiger partial charge in [-0.25, -0.2) is 8.42 Å². The molecule has 0 unspecified atom stereocenters. The fourth-order valence-corrected chi connectivity index (χ4v) is 2.99. The van der Waals surface area contributed by atoms with Crippen LogP contribution in [0.4, 0.5) is 5.69 Å². The van der Waals surface area contributed by atoms with Crippen molar-refractivity contribution < 1.29 is 8.42 Å². The lowest BCUT2D eigenvalue weighted by Gasteiger charge is -2.10. The minimum absolute atomic E-state index is 0.122. The number of benzene rings is 1. The molecule has 106 valence electrons. The van der Waals surface area contributed by atoms with Crippen molar-refractivity contribution in [2.24, 2.45) is 5.73 Å². The summed E-state index contributed by atoms with van der Waals surface area (Å²) in [5.74, 6) is 0. The number of nitrogens with zero attached hydrogens (tertiary/aromatic N) is 1. The summed E-state index contributed by atoms with van der Waals surface area (Å²) in [5, 5.41) is 0.450. The summed E-state index contributed by atoms with van der Waals surface area (Å²) < 4.78 is 27.0. The van der Waals surface area contributed by atoms with Crippen LogP contribution < -0.4 is 10.5 Å². The standard InChI is InChI=1S/C13H14ClN3O2S/c1-9-6-11(4-5-16-9)17-20(18,19)12-2-3-13(14)10(7-12)8-15/h2-7H,8,15H2,1H3,(H,16,17). The molecule has 1 aromatic carbocycles. The number of nitrogens with one attached hydrogen (secondary N) is 1. The van der Waals surface area contributed by atoms with Gasteiger partial charge in [0.2, 0.25) is 0 Å². The summed E-state index contributed by atoms with van der Waals surface area (Å²) in [6.07, 6.45) is 1.54. The second-order valence-corrected chi connectivity index (χ2v) is 6.34. The first-order valence-corrected chi connectivity index (χ1v) is 7.72. The highest BCUT2D eigenvalue weighted by Crippen LogP contribution is 2.22. The van der Waals surface area contributed by atoms with Gasteiger partial charge in [0.25, 0.3) is 10.0 Å². The van der Waals surface area contributed by atoms with E-state index in [-0.39, 0.29) is 11.4 Å². The van der Waals surface area contributed by atoms with E-state index in [0.717, 1.165) is 5.69 Å². The number of pyridine rings is 1. The van der Waals surface area contributed by atoms with Crippen molar-refractivity contribution >= 4 is 27.3 Å². The second kappa shape index (κ2) is 5.78. The molecule has 3 N–H and O–H groups in total. The molecule has 0 bridgehead atoms. The summed E-state index contributed by atoms with van der Waals surface area (Å²) in [4.78, 5) is 4.13. The van der Waals surface area contributed by atoms with Gasteiger partial charge in [-0.3, -0.25) is 9.71 Å². The van der Waals surface area contributed by atoms with Crippen LogP contribution in [0.2, 0.25) is 5.02 Å². The molecule has 20 heavy (non-hydrogen) atoms. The van der Waals surface area contributed by atoms with Crippen LogP contribution in [0.25, 0.3) is 0 Å². The van der Waals surface area contributed by atoms with Crippen molar-refractivity contribution in [3.05, 3.63) is 52.8 Å². The van der Waals surface area contributed by atoms with E-state index in [1.165, 1.54) is 18.2 Å². The van der Waals surface area contributed by atoms with E-state index in [4.69, 9.17) is 17.3 Å². The lowest BCUT2D eigenvalue weighted by atomic mass is 10.2. The molecule has 1 heterocycles. The van der Waals surface area contributed by atoms with Crippen LogP contribution in [0.1, 0.15) is 11.3 Å². The number of rotatable bonds is 4. The molecule has 0 saturated heterocycles. The molecule has 0 amide bonds. The summed E-state index contributed by atoms with van der Waals surface area (Å²) in [7, 11) is -3.67. The SMILES string of the molecule is Cc1cc(NS(=O)(=O)c2ccc(Cl)c(CN)c2)ccn1. The molecule has 0 aliphatic carbocycles. The molecule has 5 nitrogen and oxygen atoms in total. The Morgan fingerprint density at radius 2 is 2.05 bits per heavy atom. The molecule has 7 heteroatoms. The Hall–Kier alpha value is -1.63. The van der Waals surface area contributed by atoms with E-state index in [9.17, 15) is 8.42 Å². The molecule has 0 atom stereocenters. The van der Waals surface area contributed by atoms with Crippen LogP contribution in [-0.2, 0) is 16.6 Å². The van der Waals surface area contributed by atoms with E-state index < -0.39 is 10.0 Å². The van der Waals surface area contributed by atoms with Gasteiger partial charge >= 0.3 is 0 Å². The minimum Gasteiger partial charge on any atom is -0.326 e. The van der Waals surface area contributed by atoms with Crippen molar-refractivity contribution in [2.75, 3.05) is 4.72 Å². The molecule has 2 rings (SSSR count). The van der Waals surface area contributed by atoms with E-state index in [1.807, 2.05) is 0 Å². The zero-order valence-electron chi connectivity index (χ0n) is 10.8. The van der Waals surface area contributed by atoms with Gasteiger partial charge in [-0.15, -0.1) is 0 Å². The maximum atomic E-state index is 12.3. The fourth-order valence-electron chi connectivity index (χ4n) is 1.70. The first-order valence-electron chi connectivity index (χ1n) is 5.86. The van der Waals surface area contributed by atoms with Crippen LogP contribution in [0, 0.1) is 6.92 Å². The molecule has 0 saturated carbocycles. The second-order valence-electron chi connectivity index (χ2n) is 4.25. The van der Waals surface area contributed by atoms with E-state index in [2.05, 4.69) is 9.71 Å². The number of sulfonamides is 1. The van der Waals surface area contributed by atoms with Crippen LogP contribution in [0.15, 0.2) is 41.4 Å². The molecule has 0 radical (unpaired) electrons. The summed E-state index contributed by atoms with van der Waals surface area (Å²) >= 11 is 5.92. The third kappa shape index (κ3) is 3.27. The van der Waals surface area contributed by atoms with Gasteiger partial charge in [0.05, 0.1) is 10.6 Å². The number of aromatic nitrogens is 1. The quantitative estimate of drug-likeness (QED) is 0.907. The van der Waals surface area contributed by atoms with Crippen LogP contribution in [0.5, 0.6) is 0 Å². The molecule has 0 spiro atoms. The summed E-state index contributed by atoms with van der Waals surface area (Å²) in [5.41, 5.74) is 7.30. The predicted octanol–water partition coefficient (Wildman–Crippen LogP) is 2.30. The third-order valence-corrected chi connectivity index (χ3v) is 4.44. The molecular formula is C13H14ClN3O2S. The van der Waals surface area contributed by atoms with E-state index in [1.54, 1.807) is 25.3 Å². The summed E-state index contributed by atoms with van der Waals surface area (Å²) in [6, 6.07) is 7.67. The van der Waals surface area contributed by atoms with Crippen molar-refractivity contribution in [3.8, 4) is 0 Å². The van der Waals surface area contributed by atoms with Crippen LogP contribution in [-0.4, -0.2) is 13.4 Å². The number of hydrogen-bond donors (Lipinski definition) is 2. The van der Waals surface area contributed by atoms with Crippen LogP contribution >= 0.6 is 11.6 Å². The van der Waals surface area contributed by atoms with Crippen molar-refractivity contribution in [2.45, 2.75) is 18.4 Å². The molecule has 1 aromatic heterocycles. The Labute approximate surface area is 122 Å². The Bertz CT molecular complexity index is 732. The van der Waals surface area contributed by atoms with Gasteiger partial charge in [-0.05, 0) is 42.8 Å². The maximum Gasteiger partial charge on any atom is 0.261 e. The van der Waals surface area contributed by atoms with E-state index in [0.29, 0.717) is 16.3 Å². The average molecular weight is 312 g/mol. The van der Waals surface area contributed by atoms with Crippen molar-refractivity contribution in [3.63, 3.8) is 0 Å². The number of hydrogen-bond acceptors (Lipinski definition) is 4. The van der Waals surface area contributed by atoms with E-state index >= 15 is 0 Å². The van der Waals surface area contributed by atoms with Crippen molar-refractivity contribution in [1.29, 1.82) is 0 Å². The molecule has 0 fully saturated rings. The first kappa shape index (κ1) is 14.8. The zero-order valence-corrected chi connectivity index (χ0v) is 12.4.